The third-order valence-electron chi connectivity index (χ3n) is 3.17. The fraction of sp³-hybridized carbons (Fsp3) is 0.133. The van der Waals surface area contributed by atoms with Crippen LogP contribution in [0.3, 0.4) is 0 Å². The van der Waals surface area contributed by atoms with Crippen molar-refractivity contribution in [2.45, 2.75) is 12.5 Å². The molecular formula is C15H13FN2O. The Kier molecular flexibility index (Phi) is 2.91. The molecule has 96 valence electrons. The smallest absolute Gasteiger partial charge is 0.247 e. The van der Waals surface area contributed by atoms with Gasteiger partial charge in [-0.1, -0.05) is 30.3 Å². The van der Waals surface area contributed by atoms with Crippen LogP contribution in [-0.4, -0.2) is 11.9 Å². The van der Waals surface area contributed by atoms with Crippen molar-refractivity contribution in [3.05, 3.63) is 59.9 Å². The first-order valence-electron chi connectivity index (χ1n) is 6.13. The molecular weight excluding hydrogens is 243 g/mol. The van der Waals surface area contributed by atoms with Crippen molar-refractivity contribution in [2.75, 3.05) is 10.6 Å². The van der Waals surface area contributed by atoms with Crippen LogP contribution in [0.5, 0.6) is 0 Å². The number of hydrogen-bond acceptors (Lipinski definition) is 2. The highest BCUT2D eigenvalue weighted by Crippen LogP contribution is 2.28. The van der Waals surface area contributed by atoms with Gasteiger partial charge in [-0.25, -0.2) is 4.39 Å². The molecule has 0 radical (unpaired) electrons. The van der Waals surface area contributed by atoms with Gasteiger partial charge in [-0.3, -0.25) is 4.79 Å². The summed E-state index contributed by atoms with van der Waals surface area (Å²) in [5, 5.41) is 5.87. The van der Waals surface area contributed by atoms with Gasteiger partial charge in [0, 0.05) is 6.42 Å². The molecule has 1 aliphatic heterocycles. The van der Waals surface area contributed by atoms with Gasteiger partial charge >= 0.3 is 0 Å². The van der Waals surface area contributed by atoms with Crippen molar-refractivity contribution in [3.63, 3.8) is 0 Å². The number of nitrogens with one attached hydrogen (secondary N) is 2. The van der Waals surface area contributed by atoms with Crippen LogP contribution in [0.25, 0.3) is 0 Å². The Morgan fingerprint density at radius 2 is 1.84 bits per heavy atom. The highest BCUT2D eigenvalue weighted by Gasteiger charge is 2.25. The molecule has 0 spiro atoms. The van der Waals surface area contributed by atoms with Crippen LogP contribution in [-0.2, 0) is 11.2 Å². The van der Waals surface area contributed by atoms with Crippen LogP contribution in [0.2, 0.25) is 0 Å². The average Bonchev–Trinajstić information content (AvgIpc) is 2.41. The van der Waals surface area contributed by atoms with Crippen molar-refractivity contribution in [1.29, 1.82) is 0 Å². The molecule has 0 saturated heterocycles. The second-order valence-corrected chi connectivity index (χ2v) is 4.57. The number of carbonyl (C=O) groups excluding carboxylic acids is 1. The molecule has 0 bridgehead atoms. The van der Waals surface area contributed by atoms with E-state index in [0.29, 0.717) is 17.8 Å². The van der Waals surface area contributed by atoms with E-state index in [2.05, 4.69) is 10.6 Å². The van der Waals surface area contributed by atoms with Crippen LogP contribution in [0.15, 0.2) is 48.5 Å². The lowest BCUT2D eigenvalue weighted by atomic mass is 10.0. The van der Waals surface area contributed by atoms with Gasteiger partial charge < -0.3 is 10.6 Å². The van der Waals surface area contributed by atoms with E-state index in [1.807, 2.05) is 30.3 Å². The monoisotopic (exact) mass is 256 g/mol. The normalized spacial score (nSPS) is 17.3. The van der Waals surface area contributed by atoms with Gasteiger partial charge in [0.1, 0.15) is 11.9 Å². The highest BCUT2D eigenvalue weighted by molar-refractivity contribution is 6.03. The SMILES string of the molecule is O=C1Nc2ccc(F)cc2NC1Cc1ccccc1. The number of fused-ring (bicyclic) bond motifs is 1. The average molecular weight is 256 g/mol. The number of rotatable bonds is 2. The zero-order valence-electron chi connectivity index (χ0n) is 10.2. The van der Waals surface area contributed by atoms with E-state index in [1.54, 1.807) is 6.07 Å². The van der Waals surface area contributed by atoms with Gasteiger partial charge in [-0.15, -0.1) is 0 Å². The molecule has 1 aliphatic rings. The molecule has 3 nitrogen and oxygen atoms in total. The Balaban J connectivity index is 1.83. The van der Waals surface area contributed by atoms with E-state index in [1.165, 1.54) is 12.1 Å². The molecule has 19 heavy (non-hydrogen) atoms. The fourth-order valence-corrected chi connectivity index (χ4v) is 2.21. The lowest BCUT2D eigenvalue weighted by molar-refractivity contribution is -0.117. The van der Waals surface area contributed by atoms with Crippen molar-refractivity contribution >= 4 is 17.3 Å². The van der Waals surface area contributed by atoms with E-state index in [-0.39, 0.29) is 17.8 Å². The minimum Gasteiger partial charge on any atom is -0.372 e. The second-order valence-electron chi connectivity index (χ2n) is 4.57. The first kappa shape index (κ1) is 11.7. The summed E-state index contributed by atoms with van der Waals surface area (Å²) in [5.74, 6) is -0.413. The molecule has 4 heteroatoms. The zero-order chi connectivity index (χ0) is 13.2. The first-order chi connectivity index (χ1) is 9.22. The van der Waals surface area contributed by atoms with Gasteiger partial charge in [0.25, 0.3) is 0 Å². The number of amides is 1. The minimum atomic E-state index is -0.378. The minimum absolute atomic E-state index is 0.0945. The maximum Gasteiger partial charge on any atom is 0.247 e. The predicted molar refractivity (Wildman–Crippen MR) is 72.6 cm³/mol. The van der Waals surface area contributed by atoms with Crippen molar-refractivity contribution < 1.29 is 9.18 Å². The number of hydrogen-bond donors (Lipinski definition) is 2. The molecule has 1 unspecified atom stereocenters. The Morgan fingerprint density at radius 3 is 2.63 bits per heavy atom. The lowest BCUT2D eigenvalue weighted by Gasteiger charge is -2.26. The molecule has 0 aliphatic carbocycles. The number of carbonyl (C=O) groups is 1. The molecule has 2 aromatic carbocycles. The van der Waals surface area contributed by atoms with Crippen molar-refractivity contribution in [3.8, 4) is 0 Å². The third-order valence-corrected chi connectivity index (χ3v) is 3.17. The van der Waals surface area contributed by atoms with E-state index >= 15 is 0 Å². The third kappa shape index (κ3) is 2.42. The molecule has 1 atom stereocenters. The summed E-state index contributed by atoms with van der Waals surface area (Å²) in [6.07, 6.45) is 0.572. The lowest BCUT2D eigenvalue weighted by Crippen LogP contribution is -2.40. The summed E-state index contributed by atoms with van der Waals surface area (Å²) >= 11 is 0. The van der Waals surface area contributed by atoms with Gasteiger partial charge in [0.15, 0.2) is 0 Å². The van der Waals surface area contributed by atoms with E-state index < -0.39 is 0 Å². The zero-order valence-corrected chi connectivity index (χ0v) is 10.2. The molecule has 0 aromatic heterocycles. The molecule has 3 rings (SSSR count). The number of halogens is 1. The van der Waals surface area contributed by atoms with E-state index in [9.17, 15) is 9.18 Å². The summed E-state index contributed by atoms with van der Waals surface area (Å²) in [6, 6.07) is 13.7. The van der Waals surface area contributed by atoms with Gasteiger partial charge in [-0.05, 0) is 23.8 Å². The topological polar surface area (TPSA) is 41.1 Å². The predicted octanol–water partition coefficient (Wildman–Crippen LogP) is 2.80. The molecule has 2 N–H and O–H groups in total. The van der Waals surface area contributed by atoms with Crippen LogP contribution in [0.1, 0.15) is 5.56 Å². The Hall–Kier alpha value is -2.36. The van der Waals surface area contributed by atoms with Crippen LogP contribution >= 0.6 is 0 Å². The summed E-state index contributed by atoms with van der Waals surface area (Å²) in [6.45, 7) is 0. The van der Waals surface area contributed by atoms with E-state index in [0.717, 1.165) is 5.56 Å². The Morgan fingerprint density at radius 1 is 1.05 bits per heavy atom. The summed E-state index contributed by atoms with van der Waals surface area (Å²) in [7, 11) is 0. The summed E-state index contributed by atoms with van der Waals surface area (Å²) in [5.41, 5.74) is 2.31. The van der Waals surface area contributed by atoms with E-state index in [4.69, 9.17) is 0 Å². The second kappa shape index (κ2) is 4.72. The largest absolute Gasteiger partial charge is 0.372 e. The standard InChI is InChI=1S/C15H13FN2O/c16-11-6-7-12-13(9-11)17-14(15(19)18-12)8-10-4-2-1-3-5-10/h1-7,9,14,17H,8H2,(H,18,19). The number of anilines is 2. The quantitative estimate of drug-likeness (QED) is 0.867. The van der Waals surface area contributed by atoms with Gasteiger partial charge in [0.2, 0.25) is 5.91 Å². The molecule has 2 aromatic rings. The highest BCUT2D eigenvalue weighted by atomic mass is 19.1. The molecule has 0 fully saturated rings. The van der Waals surface area contributed by atoms with Crippen molar-refractivity contribution in [2.24, 2.45) is 0 Å². The van der Waals surface area contributed by atoms with Gasteiger partial charge in [-0.2, -0.15) is 0 Å². The maximum absolute atomic E-state index is 13.2. The Bertz CT molecular complexity index is 613. The first-order valence-corrected chi connectivity index (χ1v) is 6.13. The van der Waals surface area contributed by atoms with Crippen molar-refractivity contribution in [1.82, 2.24) is 0 Å². The Labute approximate surface area is 110 Å². The maximum atomic E-state index is 13.2. The van der Waals surface area contributed by atoms with Crippen LogP contribution < -0.4 is 10.6 Å². The fourth-order valence-electron chi connectivity index (χ4n) is 2.21. The number of benzene rings is 2. The molecule has 1 amide bonds. The summed E-state index contributed by atoms with van der Waals surface area (Å²) < 4.78 is 13.2. The molecule has 0 saturated carbocycles. The molecule has 1 heterocycles. The van der Waals surface area contributed by atoms with Crippen LogP contribution in [0, 0.1) is 5.82 Å². The van der Waals surface area contributed by atoms with Crippen LogP contribution in [0.4, 0.5) is 15.8 Å². The summed E-state index contributed by atoms with van der Waals surface area (Å²) in [4.78, 5) is 12.0. The van der Waals surface area contributed by atoms with Gasteiger partial charge in [0.05, 0.1) is 11.4 Å².